The van der Waals surface area contributed by atoms with Crippen molar-refractivity contribution in [2.24, 2.45) is 0 Å². The smallest absolute Gasteiger partial charge is 0.257 e. The maximum Gasteiger partial charge on any atom is 0.257 e. The molecule has 4 rings (SSSR count). The van der Waals surface area contributed by atoms with E-state index in [9.17, 15) is 4.39 Å². The Hall–Kier alpha value is -2.77. The molecule has 130 valence electrons. The molecule has 0 aliphatic carbocycles. The molecule has 0 unspecified atom stereocenters. The molecule has 0 fully saturated rings. The van der Waals surface area contributed by atoms with E-state index < -0.39 is 5.82 Å². The number of methoxy groups -OCH3 is 1. The van der Waals surface area contributed by atoms with Crippen LogP contribution in [0.15, 0.2) is 48.0 Å². The number of hydrogen-bond acceptors (Lipinski definition) is 6. The fourth-order valence-electron chi connectivity index (χ4n) is 2.53. The molecule has 0 amide bonds. The van der Waals surface area contributed by atoms with E-state index in [1.54, 1.807) is 22.9 Å². The summed E-state index contributed by atoms with van der Waals surface area (Å²) in [5, 5.41) is 11.7. The summed E-state index contributed by atoms with van der Waals surface area (Å²) in [7, 11) is 1.50. The molecule has 0 bridgehead atoms. The number of nitrogens with zero attached hydrogens (tertiary/aromatic N) is 3. The van der Waals surface area contributed by atoms with Crippen LogP contribution < -0.4 is 10.1 Å². The van der Waals surface area contributed by atoms with Crippen LogP contribution in [-0.4, -0.2) is 22.3 Å². The number of rotatable bonds is 4. The standard InChI is InChI=1S/C18H12ClFN4OS/c1-25-18-16(22-11-3-5-14-17(7-11)26-9-21-14)8-15(23-24-18)12-6-10(19)2-4-13(12)20/h2-9H,1H3,(H,22,23). The second kappa shape index (κ2) is 6.86. The SMILES string of the molecule is COc1nnc(-c2cc(Cl)ccc2F)cc1Nc1ccc2ncsc2c1. The molecule has 0 radical (unpaired) electrons. The molecule has 4 aromatic rings. The van der Waals surface area contributed by atoms with Gasteiger partial charge in [0, 0.05) is 16.3 Å². The average molecular weight is 387 g/mol. The van der Waals surface area contributed by atoms with Crippen molar-refractivity contribution in [3.63, 3.8) is 0 Å². The Kier molecular flexibility index (Phi) is 4.40. The van der Waals surface area contributed by atoms with Gasteiger partial charge in [-0.2, -0.15) is 0 Å². The molecule has 0 aliphatic heterocycles. The molecule has 2 aromatic heterocycles. The number of hydrogen-bond donors (Lipinski definition) is 1. The summed E-state index contributed by atoms with van der Waals surface area (Å²) >= 11 is 7.53. The van der Waals surface area contributed by atoms with E-state index in [4.69, 9.17) is 16.3 Å². The Labute approximate surface area is 157 Å². The molecule has 0 saturated carbocycles. The van der Waals surface area contributed by atoms with Crippen LogP contribution in [0.25, 0.3) is 21.5 Å². The number of nitrogens with one attached hydrogen (secondary N) is 1. The van der Waals surface area contributed by atoms with Gasteiger partial charge in [0.2, 0.25) is 0 Å². The second-order valence-corrected chi connectivity index (χ2v) is 6.76. The minimum Gasteiger partial charge on any atom is -0.478 e. The van der Waals surface area contributed by atoms with E-state index in [-0.39, 0.29) is 5.56 Å². The molecule has 0 spiro atoms. The predicted octanol–water partition coefficient (Wildman–Crippen LogP) is 5.30. The van der Waals surface area contributed by atoms with Crippen LogP contribution in [0.3, 0.4) is 0 Å². The summed E-state index contributed by atoms with van der Waals surface area (Å²) in [6, 6.07) is 11.8. The van der Waals surface area contributed by atoms with E-state index >= 15 is 0 Å². The van der Waals surface area contributed by atoms with Gasteiger partial charge in [-0.3, -0.25) is 0 Å². The first-order valence-electron chi connectivity index (χ1n) is 7.61. The van der Waals surface area contributed by atoms with E-state index in [1.807, 2.05) is 18.2 Å². The third kappa shape index (κ3) is 3.18. The maximum atomic E-state index is 14.2. The third-order valence-corrected chi connectivity index (χ3v) is 4.79. The van der Waals surface area contributed by atoms with Gasteiger partial charge in [0.05, 0.1) is 28.5 Å². The summed E-state index contributed by atoms with van der Waals surface area (Å²) in [5.74, 6) is -0.119. The van der Waals surface area contributed by atoms with E-state index in [1.165, 1.54) is 25.3 Å². The molecular weight excluding hydrogens is 375 g/mol. The van der Waals surface area contributed by atoms with Crippen LogP contribution in [0.5, 0.6) is 5.88 Å². The van der Waals surface area contributed by atoms with Gasteiger partial charge in [0.25, 0.3) is 5.88 Å². The zero-order chi connectivity index (χ0) is 18.1. The largest absolute Gasteiger partial charge is 0.478 e. The van der Waals surface area contributed by atoms with Crippen molar-refractivity contribution >= 4 is 44.5 Å². The molecule has 2 heterocycles. The van der Waals surface area contributed by atoms with Gasteiger partial charge in [-0.05, 0) is 42.5 Å². The Balaban J connectivity index is 1.75. The predicted molar refractivity (Wildman–Crippen MR) is 102 cm³/mol. The lowest BCUT2D eigenvalue weighted by Crippen LogP contribution is -2.00. The van der Waals surface area contributed by atoms with Crippen molar-refractivity contribution in [2.75, 3.05) is 12.4 Å². The fourth-order valence-corrected chi connectivity index (χ4v) is 3.42. The quantitative estimate of drug-likeness (QED) is 0.515. The van der Waals surface area contributed by atoms with Crippen LogP contribution >= 0.6 is 22.9 Å². The van der Waals surface area contributed by atoms with Crippen LogP contribution in [0.2, 0.25) is 5.02 Å². The minimum atomic E-state index is -0.425. The van der Waals surface area contributed by atoms with Gasteiger partial charge >= 0.3 is 0 Å². The normalized spacial score (nSPS) is 10.9. The Morgan fingerprint density at radius 2 is 2.00 bits per heavy atom. The Morgan fingerprint density at radius 1 is 1.12 bits per heavy atom. The second-order valence-electron chi connectivity index (χ2n) is 5.44. The molecule has 8 heteroatoms. The van der Waals surface area contributed by atoms with Gasteiger partial charge in [-0.15, -0.1) is 21.5 Å². The summed E-state index contributed by atoms with van der Waals surface area (Å²) in [6.07, 6.45) is 0. The Morgan fingerprint density at radius 3 is 2.85 bits per heavy atom. The lowest BCUT2D eigenvalue weighted by atomic mass is 10.1. The number of aromatic nitrogens is 3. The molecular formula is C18H12ClFN4OS. The number of fused-ring (bicyclic) bond motifs is 1. The first-order chi connectivity index (χ1) is 12.6. The molecule has 1 N–H and O–H groups in total. The zero-order valence-electron chi connectivity index (χ0n) is 13.5. The summed E-state index contributed by atoms with van der Waals surface area (Å²) < 4.78 is 20.5. The molecule has 0 aliphatic rings. The summed E-state index contributed by atoms with van der Waals surface area (Å²) in [6.45, 7) is 0. The van der Waals surface area contributed by atoms with Crippen molar-refractivity contribution in [1.29, 1.82) is 0 Å². The van der Waals surface area contributed by atoms with Crippen molar-refractivity contribution < 1.29 is 9.13 Å². The summed E-state index contributed by atoms with van der Waals surface area (Å²) in [5.41, 5.74) is 4.76. The number of thiazole rings is 1. The van der Waals surface area contributed by atoms with Crippen molar-refractivity contribution in [1.82, 2.24) is 15.2 Å². The molecule has 0 saturated heterocycles. The van der Waals surface area contributed by atoms with Gasteiger partial charge in [-0.25, -0.2) is 9.37 Å². The summed E-state index contributed by atoms with van der Waals surface area (Å²) in [4.78, 5) is 4.26. The minimum absolute atomic E-state index is 0.272. The van der Waals surface area contributed by atoms with E-state index in [0.717, 1.165) is 15.9 Å². The first-order valence-corrected chi connectivity index (χ1v) is 8.87. The van der Waals surface area contributed by atoms with Crippen molar-refractivity contribution in [3.05, 3.63) is 58.8 Å². The van der Waals surface area contributed by atoms with Gasteiger partial charge < -0.3 is 10.1 Å². The van der Waals surface area contributed by atoms with E-state index in [0.29, 0.717) is 22.3 Å². The number of ether oxygens (including phenoxy) is 1. The highest BCUT2D eigenvalue weighted by Crippen LogP contribution is 2.32. The highest BCUT2D eigenvalue weighted by Gasteiger charge is 2.13. The number of benzene rings is 2. The fraction of sp³-hybridized carbons (Fsp3) is 0.0556. The molecule has 26 heavy (non-hydrogen) atoms. The zero-order valence-corrected chi connectivity index (χ0v) is 15.1. The van der Waals surface area contributed by atoms with Crippen molar-refractivity contribution in [2.45, 2.75) is 0 Å². The monoisotopic (exact) mass is 386 g/mol. The van der Waals surface area contributed by atoms with Crippen LogP contribution in [0, 0.1) is 5.82 Å². The first kappa shape index (κ1) is 16.7. The van der Waals surface area contributed by atoms with Crippen LogP contribution in [-0.2, 0) is 0 Å². The topological polar surface area (TPSA) is 59.9 Å². The van der Waals surface area contributed by atoms with Gasteiger partial charge in [0.1, 0.15) is 11.5 Å². The average Bonchev–Trinajstić information content (AvgIpc) is 3.11. The molecule has 2 aromatic carbocycles. The van der Waals surface area contributed by atoms with E-state index in [2.05, 4.69) is 20.5 Å². The van der Waals surface area contributed by atoms with Crippen LogP contribution in [0.4, 0.5) is 15.8 Å². The van der Waals surface area contributed by atoms with Gasteiger partial charge in [0.15, 0.2) is 0 Å². The highest BCUT2D eigenvalue weighted by atomic mass is 35.5. The highest BCUT2D eigenvalue weighted by molar-refractivity contribution is 7.16. The molecule has 5 nitrogen and oxygen atoms in total. The van der Waals surface area contributed by atoms with Crippen LogP contribution in [0.1, 0.15) is 0 Å². The lowest BCUT2D eigenvalue weighted by molar-refractivity contribution is 0.394. The lowest BCUT2D eigenvalue weighted by Gasteiger charge is -2.12. The number of anilines is 2. The molecule has 0 atom stereocenters. The van der Waals surface area contributed by atoms with Crippen molar-refractivity contribution in [3.8, 4) is 17.1 Å². The maximum absolute atomic E-state index is 14.2. The number of halogens is 2. The van der Waals surface area contributed by atoms with Gasteiger partial charge in [-0.1, -0.05) is 11.6 Å². The third-order valence-electron chi connectivity index (χ3n) is 3.77. The Bertz CT molecular complexity index is 1100.